The van der Waals surface area contributed by atoms with Gasteiger partial charge in [-0.1, -0.05) is 49.4 Å². The maximum Gasteiger partial charge on any atom is 0.259 e. The van der Waals surface area contributed by atoms with E-state index in [0.717, 1.165) is 30.2 Å². The Labute approximate surface area is 231 Å². The van der Waals surface area contributed by atoms with E-state index in [0.29, 0.717) is 41.8 Å². The quantitative estimate of drug-likeness (QED) is 0.348. The summed E-state index contributed by atoms with van der Waals surface area (Å²) in [5.41, 5.74) is 2.18. The fourth-order valence-corrected chi connectivity index (χ4v) is 5.40. The minimum Gasteiger partial charge on any atom is -0.356 e. The van der Waals surface area contributed by atoms with Crippen LogP contribution in [0.2, 0.25) is 0 Å². The van der Waals surface area contributed by atoms with Crippen molar-refractivity contribution in [2.45, 2.75) is 43.5 Å². The number of benzene rings is 2. The Morgan fingerprint density at radius 3 is 2.49 bits per heavy atom. The number of fused-ring (bicyclic) bond motifs is 3. The molecule has 1 atom stereocenters. The summed E-state index contributed by atoms with van der Waals surface area (Å²) in [6, 6.07) is 12.6. The summed E-state index contributed by atoms with van der Waals surface area (Å²) >= 11 is 1.12. The molecular weight excluding hydrogens is 540 g/mol. The van der Waals surface area contributed by atoms with Crippen molar-refractivity contribution in [3.05, 3.63) is 59.7 Å². The third-order valence-corrected chi connectivity index (χ3v) is 7.97. The highest BCUT2D eigenvalue weighted by Crippen LogP contribution is 2.34. The number of carbonyl (C=O) groups is 3. The lowest BCUT2D eigenvalue weighted by molar-refractivity contribution is -0.128. The molecular formula is C26H30N6O5S2. The first-order chi connectivity index (χ1) is 18.7. The van der Waals surface area contributed by atoms with Gasteiger partial charge in [-0.25, -0.2) is 23.4 Å². The van der Waals surface area contributed by atoms with Crippen LogP contribution in [-0.2, 0) is 30.8 Å². The lowest BCUT2D eigenvalue weighted by Crippen LogP contribution is -2.42. The molecule has 2 aliphatic rings. The zero-order chi connectivity index (χ0) is 28.0. The van der Waals surface area contributed by atoms with Crippen LogP contribution in [0.25, 0.3) is 0 Å². The van der Waals surface area contributed by atoms with Crippen molar-refractivity contribution in [2.75, 3.05) is 18.8 Å². The Kier molecular flexibility index (Phi) is 9.15. The largest absolute Gasteiger partial charge is 0.356 e. The van der Waals surface area contributed by atoms with E-state index in [2.05, 4.69) is 20.6 Å². The Morgan fingerprint density at radius 1 is 1.05 bits per heavy atom. The van der Waals surface area contributed by atoms with Gasteiger partial charge in [0, 0.05) is 18.7 Å². The van der Waals surface area contributed by atoms with Crippen molar-refractivity contribution < 1.29 is 22.8 Å². The summed E-state index contributed by atoms with van der Waals surface area (Å²) in [6.45, 7) is 2.93. The predicted molar refractivity (Wildman–Crippen MR) is 150 cm³/mol. The van der Waals surface area contributed by atoms with Gasteiger partial charge in [-0.15, -0.1) is 0 Å². The third kappa shape index (κ3) is 7.11. The molecule has 2 aromatic carbocycles. The molecule has 3 amide bonds. The standard InChI is InChI=1S/C26H30N6O5S2/c1-2-3-13-28-22(33)15-21-25(35)32-24(30-21)19-6-4-5-7-20(19)31-26(32)38-16-23(34)29-14-12-17-8-10-18(11-9-17)39(27,36)37/h4-11,21H,2-3,12-16H2,1H3,(H,28,33)(H,29,34)(H2,27,36,37). The molecule has 206 valence electrons. The second-order valence-corrected chi connectivity index (χ2v) is 11.5. The second-order valence-electron chi connectivity index (χ2n) is 9.04. The lowest BCUT2D eigenvalue weighted by atomic mass is 10.1. The monoisotopic (exact) mass is 570 g/mol. The number of unbranched alkanes of at least 4 members (excludes halogenated alkanes) is 1. The van der Waals surface area contributed by atoms with Crippen LogP contribution in [0.15, 0.2) is 63.4 Å². The van der Waals surface area contributed by atoms with Gasteiger partial charge in [0.15, 0.2) is 5.17 Å². The summed E-state index contributed by atoms with van der Waals surface area (Å²) in [6.07, 6.45) is 2.26. The van der Waals surface area contributed by atoms with Crippen molar-refractivity contribution in [3.63, 3.8) is 0 Å². The molecule has 11 nitrogen and oxygen atoms in total. The molecule has 0 bridgehead atoms. The van der Waals surface area contributed by atoms with Crippen molar-refractivity contribution in [1.29, 1.82) is 0 Å². The molecule has 39 heavy (non-hydrogen) atoms. The van der Waals surface area contributed by atoms with Crippen molar-refractivity contribution in [1.82, 2.24) is 15.5 Å². The number of thioether (sulfide) groups is 1. The zero-order valence-corrected chi connectivity index (χ0v) is 23.1. The molecule has 4 N–H and O–H groups in total. The number of amidine groups is 2. The lowest BCUT2D eigenvalue weighted by Gasteiger charge is -2.25. The van der Waals surface area contributed by atoms with Crippen LogP contribution >= 0.6 is 11.8 Å². The van der Waals surface area contributed by atoms with E-state index >= 15 is 0 Å². The van der Waals surface area contributed by atoms with Crippen LogP contribution in [0.1, 0.15) is 37.3 Å². The van der Waals surface area contributed by atoms with E-state index in [1.165, 1.54) is 17.0 Å². The highest BCUT2D eigenvalue weighted by molar-refractivity contribution is 8.14. The summed E-state index contributed by atoms with van der Waals surface area (Å²) < 4.78 is 22.8. The van der Waals surface area contributed by atoms with Gasteiger partial charge in [0.05, 0.1) is 22.8 Å². The van der Waals surface area contributed by atoms with E-state index in [9.17, 15) is 22.8 Å². The average molecular weight is 571 g/mol. The van der Waals surface area contributed by atoms with Crippen LogP contribution < -0.4 is 15.8 Å². The maximum atomic E-state index is 13.3. The molecule has 0 fully saturated rings. The van der Waals surface area contributed by atoms with Gasteiger partial charge in [0.2, 0.25) is 21.8 Å². The minimum atomic E-state index is -3.75. The Morgan fingerprint density at radius 2 is 1.77 bits per heavy atom. The number of carbonyl (C=O) groups excluding carboxylic acids is 3. The molecule has 1 unspecified atom stereocenters. The number of hydrogen-bond donors (Lipinski definition) is 3. The molecule has 0 aliphatic carbocycles. The molecule has 2 heterocycles. The smallest absolute Gasteiger partial charge is 0.259 e. The van der Waals surface area contributed by atoms with Crippen LogP contribution in [0.4, 0.5) is 5.69 Å². The summed E-state index contributed by atoms with van der Waals surface area (Å²) in [7, 11) is -3.75. The van der Waals surface area contributed by atoms with Crippen LogP contribution in [-0.4, -0.2) is 66.9 Å². The number of rotatable bonds is 11. The number of amides is 3. The third-order valence-electron chi connectivity index (χ3n) is 6.10. The normalized spacial score (nSPS) is 16.2. The number of nitrogens with one attached hydrogen (secondary N) is 2. The fraction of sp³-hybridized carbons (Fsp3) is 0.346. The fourth-order valence-electron chi connectivity index (χ4n) is 4.06. The van der Waals surface area contributed by atoms with Crippen molar-refractivity contribution >= 4 is 56.2 Å². The van der Waals surface area contributed by atoms with E-state index in [4.69, 9.17) is 5.14 Å². The van der Waals surface area contributed by atoms with E-state index < -0.39 is 16.1 Å². The van der Waals surface area contributed by atoms with Gasteiger partial charge in [-0.05, 0) is 42.7 Å². The van der Waals surface area contributed by atoms with Crippen molar-refractivity contribution in [3.8, 4) is 0 Å². The van der Waals surface area contributed by atoms with E-state index in [1.807, 2.05) is 31.2 Å². The number of sulfonamides is 1. The molecule has 13 heteroatoms. The molecule has 0 aromatic heterocycles. The Bertz CT molecular complexity index is 1420. The highest BCUT2D eigenvalue weighted by Gasteiger charge is 2.42. The van der Waals surface area contributed by atoms with Gasteiger partial charge >= 0.3 is 0 Å². The first-order valence-corrected chi connectivity index (χ1v) is 15.1. The van der Waals surface area contributed by atoms with Gasteiger partial charge < -0.3 is 10.6 Å². The average Bonchev–Trinajstić information content (AvgIpc) is 3.23. The molecule has 0 spiro atoms. The SMILES string of the molecule is CCCCNC(=O)CC1N=C2c3ccccc3N=C(SCC(=O)NCCc3ccc(S(N)(=O)=O)cc3)N2C1=O. The number of nitrogens with zero attached hydrogens (tertiary/aromatic N) is 3. The molecule has 0 saturated carbocycles. The Hall–Kier alpha value is -3.55. The number of primary sulfonamides is 1. The van der Waals surface area contributed by atoms with Crippen LogP contribution in [0.5, 0.6) is 0 Å². The number of aliphatic imine (C=N–C) groups is 2. The highest BCUT2D eigenvalue weighted by atomic mass is 32.2. The summed E-state index contributed by atoms with van der Waals surface area (Å²) in [5.74, 6) is -0.378. The van der Waals surface area contributed by atoms with Gasteiger partial charge in [-0.2, -0.15) is 0 Å². The molecule has 4 rings (SSSR count). The van der Waals surface area contributed by atoms with Gasteiger partial charge in [0.25, 0.3) is 5.91 Å². The predicted octanol–water partition coefficient (Wildman–Crippen LogP) is 1.69. The summed E-state index contributed by atoms with van der Waals surface area (Å²) in [5, 5.41) is 11.1. The molecule has 0 radical (unpaired) electrons. The van der Waals surface area contributed by atoms with Crippen LogP contribution in [0, 0.1) is 0 Å². The summed E-state index contributed by atoms with van der Waals surface area (Å²) in [4.78, 5) is 48.8. The maximum absolute atomic E-state index is 13.3. The molecule has 2 aromatic rings. The van der Waals surface area contributed by atoms with E-state index in [1.54, 1.807) is 12.1 Å². The van der Waals surface area contributed by atoms with Gasteiger partial charge in [0.1, 0.15) is 11.9 Å². The number of hydrogen-bond acceptors (Lipinski definition) is 8. The minimum absolute atomic E-state index is 0.0184. The van der Waals surface area contributed by atoms with Crippen molar-refractivity contribution in [2.24, 2.45) is 15.1 Å². The first kappa shape index (κ1) is 28.5. The van der Waals surface area contributed by atoms with Crippen LogP contribution in [0.3, 0.4) is 0 Å². The Balaban J connectivity index is 1.36. The van der Waals surface area contributed by atoms with Gasteiger partial charge in [-0.3, -0.25) is 19.4 Å². The number of para-hydroxylation sites is 1. The molecule has 2 aliphatic heterocycles. The second kappa shape index (κ2) is 12.5. The molecule has 0 saturated heterocycles. The van der Waals surface area contributed by atoms with E-state index in [-0.39, 0.29) is 34.8 Å². The first-order valence-electron chi connectivity index (χ1n) is 12.5. The topological polar surface area (TPSA) is 163 Å². The zero-order valence-electron chi connectivity index (χ0n) is 21.4. The number of nitrogens with two attached hydrogens (primary N) is 1.